The molecule has 1 saturated carbocycles. The summed E-state index contributed by atoms with van der Waals surface area (Å²) in [6.07, 6.45) is 10.0. The van der Waals surface area contributed by atoms with E-state index in [1.54, 1.807) is 0 Å². The van der Waals surface area contributed by atoms with Crippen LogP contribution in [0.3, 0.4) is 0 Å². The van der Waals surface area contributed by atoms with Crippen molar-refractivity contribution in [2.75, 3.05) is 0 Å². The summed E-state index contributed by atoms with van der Waals surface area (Å²) in [5, 5.41) is 0. The maximum atomic E-state index is 3.69. The average Bonchev–Trinajstić information content (AvgIpc) is 2.72. The Hall–Kier alpha value is -0.780. The van der Waals surface area contributed by atoms with Crippen molar-refractivity contribution in [3.05, 3.63) is 36.0 Å². The standard InChI is InChI=1S/C10H14.2C2H6/c1-3-6-10-8-5-7-9(10)4-2;2*1-2/h3-4,6H,1,5,7-8H2,2H3;2*1-2H3/b9-4-,10-6-;;. The fourth-order valence-corrected chi connectivity index (χ4v) is 1.45. The molecule has 0 heterocycles. The molecule has 1 aliphatic rings. The van der Waals surface area contributed by atoms with Gasteiger partial charge in [0.25, 0.3) is 0 Å². The second kappa shape index (κ2) is 12.2. The van der Waals surface area contributed by atoms with Crippen LogP contribution >= 0.6 is 0 Å². The van der Waals surface area contributed by atoms with E-state index in [4.69, 9.17) is 0 Å². The Kier molecular flexibility index (Phi) is 13.7. The van der Waals surface area contributed by atoms with Gasteiger partial charge in [-0.1, -0.05) is 52.5 Å². The SMILES string of the molecule is C=C/C=C1/CCC/C1=C/C.CC.CC. The fourth-order valence-electron chi connectivity index (χ4n) is 1.45. The molecule has 1 fully saturated rings. The summed E-state index contributed by atoms with van der Waals surface area (Å²) in [6, 6.07) is 0. The highest BCUT2D eigenvalue weighted by Crippen LogP contribution is 2.29. The third kappa shape index (κ3) is 5.80. The minimum absolute atomic E-state index is 1.24. The highest BCUT2D eigenvalue weighted by atomic mass is 14.2. The zero-order valence-electron chi connectivity index (χ0n) is 10.6. The lowest BCUT2D eigenvalue weighted by Gasteiger charge is -1.95. The van der Waals surface area contributed by atoms with Crippen molar-refractivity contribution in [1.29, 1.82) is 0 Å². The van der Waals surface area contributed by atoms with E-state index in [2.05, 4.69) is 25.7 Å². The third-order valence-electron chi connectivity index (χ3n) is 1.97. The first-order valence-electron chi connectivity index (χ1n) is 5.85. The molecule has 0 radical (unpaired) electrons. The Balaban J connectivity index is 0. The van der Waals surface area contributed by atoms with E-state index >= 15 is 0 Å². The Morgan fingerprint density at radius 2 is 1.50 bits per heavy atom. The van der Waals surface area contributed by atoms with Crippen molar-refractivity contribution in [2.24, 2.45) is 0 Å². The summed E-state index contributed by atoms with van der Waals surface area (Å²) in [4.78, 5) is 0. The minimum Gasteiger partial charge on any atom is -0.0991 e. The monoisotopic (exact) mass is 194 g/mol. The second-order valence-electron chi connectivity index (χ2n) is 2.60. The molecule has 0 aliphatic heterocycles. The number of hydrogen-bond donors (Lipinski definition) is 0. The van der Waals surface area contributed by atoms with E-state index in [1.807, 2.05) is 33.8 Å². The third-order valence-corrected chi connectivity index (χ3v) is 1.97. The minimum atomic E-state index is 1.24. The molecule has 0 bridgehead atoms. The highest BCUT2D eigenvalue weighted by molar-refractivity contribution is 5.36. The van der Waals surface area contributed by atoms with Crippen LogP contribution in [0.5, 0.6) is 0 Å². The van der Waals surface area contributed by atoms with Crippen LogP contribution in [-0.4, -0.2) is 0 Å². The van der Waals surface area contributed by atoms with Crippen molar-refractivity contribution < 1.29 is 0 Å². The Labute approximate surface area is 90.4 Å². The molecule has 14 heavy (non-hydrogen) atoms. The Bertz CT molecular complexity index is 182. The fraction of sp³-hybridized carbons (Fsp3) is 0.571. The van der Waals surface area contributed by atoms with Crippen LogP contribution in [0.15, 0.2) is 36.0 Å². The summed E-state index contributed by atoms with van der Waals surface area (Å²) in [5.41, 5.74) is 3.00. The predicted octanol–water partition coefficient (Wildman–Crippen LogP) is 5.28. The van der Waals surface area contributed by atoms with Gasteiger partial charge in [0.05, 0.1) is 0 Å². The quantitative estimate of drug-likeness (QED) is 0.532. The molecule has 0 spiro atoms. The lowest BCUT2D eigenvalue weighted by atomic mass is 10.1. The molecule has 0 aromatic carbocycles. The number of allylic oxidation sites excluding steroid dienone is 5. The van der Waals surface area contributed by atoms with Crippen LogP contribution in [0, 0.1) is 0 Å². The molecule has 1 rings (SSSR count). The molecule has 0 aromatic rings. The van der Waals surface area contributed by atoms with Crippen LogP contribution < -0.4 is 0 Å². The van der Waals surface area contributed by atoms with Crippen molar-refractivity contribution in [2.45, 2.75) is 53.9 Å². The van der Waals surface area contributed by atoms with Crippen molar-refractivity contribution in [3.63, 3.8) is 0 Å². The van der Waals surface area contributed by atoms with E-state index in [0.717, 1.165) is 0 Å². The van der Waals surface area contributed by atoms with Gasteiger partial charge in [0.15, 0.2) is 0 Å². The van der Waals surface area contributed by atoms with Gasteiger partial charge in [-0.2, -0.15) is 0 Å². The zero-order valence-corrected chi connectivity index (χ0v) is 10.6. The van der Waals surface area contributed by atoms with Crippen LogP contribution in [0.25, 0.3) is 0 Å². The van der Waals surface area contributed by atoms with Gasteiger partial charge in [-0.3, -0.25) is 0 Å². The molecule has 0 saturated heterocycles. The van der Waals surface area contributed by atoms with E-state index in [-0.39, 0.29) is 0 Å². The molecule has 0 unspecified atom stereocenters. The summed E-state index contributed by atoms with van der Waals surface area (Å²) < 4.78 is 0. The smallest absolute Gasteiger partial charge is 0.0273 e. The molecular weight excluding hydrogens is 168 g/mol. The van der Waals surface area contributed by atoms with E-state index < -0.39 is 0 Å². The van der Waals surface area contributed by atoms with E-state index in [0.29, 0.717) is 0 Å². The van der Waals surface area contributed by atoms with Crippen LogP contribution in [-0.2, 0) is 0 Å². The average molecular weight is 194 g/mol. The van der Waals surface area contributed by atoms with Crippen LogP contribution in [0.1, 0.15) is 53.9 Å². The first-order chi connectivity index (χ1) is 6.88. The lowest BCUT2D eigenvalue weighted by molar-refractivity contribution is 0.932. The van der Waals surface area contributed by atoms with E-state index in [1.165, 1.54) is 30.4 Å². The second-order valence-corrected chi connectivity index (χ2v) is 2.60. The predicted molar refractivity (Wildman–Crippen MR) is 68.6 cm³/mol. The molecule has 82 valence electrons. The summed E-state index contributed by atoms with van der Waals surface area (Å²) in [6.45, 7) is 13.8. The Morgan fingerprint density at radius 3 is 1.93 bits per heavy atom. The summed E-state index contributed by atoms with van der Waals surface area (Å²) >= 11 is 0. The van der Waals surface area contributed by atoms with Crippen molar-refractivity contribution in [1.82, 2.24) is 0 Å². The molecule has 1 aliphatic carbocycles. The molecular formula is C14H26. The molecule has 0 amide bonds. The topological polar surface area (TPSA) is 0 Å². The zero-order chi connectivity index (χ0) is 11.4. The molecule has 0 N–H and O–H groups in total. The normalized spacial score (nSPS) is 19.5. The van der Waals surface area contributed by atoms with Gasteiger partial charge in [-0.25, -0.2) is 0 Å². The molecule has 0 heteroatoms. The van der Waals surface area contributed by atoms with Gasteiger partial charge >= 0.3 is 0 Å². The van der Waals surface area contributed by atoms with Gasteiger partial charge < -0.3 is 0 Å². The largest absolute Gasteiger partial charge is 0.0991 e. The summed E-state index contributed by atoms with van der Waals surface area (Å²) in [7, 11) is 0. The maximum Gasteiger partial charge on any atom is -0.0273 e. The Morgan fingerprint density at radius 1 is 1.00 bits per heavy atom. The maximum absolute atomic E-state index is 3.69. The van der Waals surface area contributed by atoms with Crippen LogP contribution in [0.2, 0.25) is 0 Å². The van der Waals surface area contributed by atoms with Crippen molar-refractivity contribution >= 4 is 0 Å². The number of rotatable bonds is 1. The highest BCUT2D eigenvalue weighted by Gasteiger charge is 2.10. The molecule has 0 atom stereocenters. The van der Waals surface area contributed by atoms with Crippen LogP contribution in [0.4, 0.5) is 0 Å². The van der Waals surface area contributed by atoms with Gasteiger partial charge in [-0.05, 0) is 37.3 Å². The molecule has 0 aromatic heterocycles. The van der Waals surface area contributed by atoms with Crippen molar-refractivity contribution in [3.8, 4) is 0 Å². The molecule has 0 nitrogen and oxygen atoms in total. The first-order valence-corrected chi connectivity index (χ1v) is 5.85. The first kappa shape index (κ1) is 15.7. The van der Waals surface area contributed by atoms with Gasteiger partial charge in [0.1, 0.15) is 0 Å². The summed E-state index contributed by atoms with van der Waals surface area (Å²) in [5.74, 6) is 0. The van der Waals surface area contributed by atoms with Gasteiger partial charge in [-0.15, -0.1) is 0 Å². The lowest BCUT2D eigenvalue weighted by Crippen LogP contribution is -1.75. The van der Waals surface area contributed by atoms with Gasteiger partial charge in [0.2, 0.25) is 0 Å². The van der Waals surface area contributed by atoms with E-state index in [9.17, 15) is 0 Å². The number of hydrogen-bond acceptors (Lipinski definition) is 0. The van der Waals surface area contributed by atoms with Gasteiger partial charge in [0, 0.05) is 0 Å².